The number of benzene rings is 3. The Morgan fingerprint density at radius 3 is 2.24 bits per heavy atom. The number of phenols is 1. The van der Waals surface area contributed by atoms with Crippen molar-refractivity contribution in [2.45, 2.75) is 32.2 Å². The van der Waals surface area contributed by atoms with Gasteiger partial charge in [0, 0.05) is 11.3 Å². The van der Waals surface area contributed by atoms with Crippen LogP contribution in [0.25, 0.3) is 5.76 Å². The van der Waals surface area contributed by atoms with E-state index in [1.807, 2.05) is 6.07 Å². The molecule has 34 heavy (non-hydrogen) atoms. The zero-order valence-corrected chi connectivity index (χ0v) is 19.0. The lowest BCUT2D eigenvalue weighted by Crippen LogP contribution is -2.29. The molecule has 6 nitrogen and oxygen atoms in total. The van der Waals surface area contributed by atoms with E-state index in [-0.39, 0.29) is 17.1 Å². The number of phenolic OH excluding ortho intramolecular Hbond substituents is 1. The number of anilines is 1. The van der Waals surface area contributed by atoms with Gasteiger partial charge in [0.25, 0.3) is 11.7 Å². The minimum atomic E-state index is -0.840. The topological polar surface area (TPSA) is 87.1 Å². The van der Waals surface area contributed by atoms with Crippen LogP contribution in [0.4, 0.5) is 5.69 Å². The van der Waals surface area contributed by atoms with E-state index in [1.165, 1.54) is 17.0 Å². The Morgan fingerprint density at radius 1 is 0.912 bits per heavy atom. The van der Waals surface area contributed by atoms with Gasteiger partial charge in [-0.2, -0.15) is 0 Å². The summed E-state index contributed by atoms with van der Waals surface area (Å²) in [7, 11) is 0. The number of aliphatic hydroxyl groups is 1. The molecule has 1 heterocycles. The third-order valence-electron chi connectivity index (χ3n) is 5.83. The lowest BCUT2D eigenvalue weighted by Gasteiger charge is -2.25. The molecule has 0 saturated carbocycles. The summed E-state index contributed by atoms with van der Waals surface area (Å²) in [6, 6.07) is 21.1. The number of ether oxygens (including phenoxy) is 1. The van der Waals surface area contributed by atoms with E-state index in [9.17, 15) is 19.8 Å². The van der Waals surface area contributed by atoms with Crippen LogP contribution in [0, 0.1) is 0 Å². The van der Waals surface area contributed by atoms with Crippen molar-refractivity contribution in [1.82, 2.24) is 0 Å². The summed E-state index contributed by atoms with van der Waals surface area (Å²) in [5, 5.41) is 20.9. The first kappa shape index (κ1) is 23.1. The van der Waals surface area contributed by atoms with Crippen LogP contribution in [-0.2, 0) is 9.59 Å². The third kappa shape index (κ3) is 4.66. The summed E-state index contributed by atoms with van der Waals surface area (Å²) in [4.78, 5) is 27.6. The fourth-order valence-corrected chi connectivity index (χ4v) is 4.07. The fourth-order valence-electron chi connectivity index (χ4n) is 4.07. The molecule has 1 aliphatic rings. The van der Waals surface area contributed by atoms with Gasteiger partial charge in [0.2, 0.25) is 0 Å². The normalized spacial score (nSPS) is 17.2. The van der Waals surface area contributed by atoms with Gasteiger partial charge in [0.1, 0.15) is 17.3 Å². The van der Waals surface area contributed by atoms with Gasteiger partial charge >= 0.3 is 0 Å². The maximum atomic E-state index is 13.1. The van der Waals surface area contributed by atoms with Crippen molar-refractivity contribution in [2.75, 3.05) is 11.5 Å². The van der Waals surface area contributed by atoms with Crippen LogP contribution in [-0.4, -0.2) is 28.5 Å². The highest BCUT2D eigenvalue weighted by molar-refractivity contribution is 6.51. The van der Waals surface area contributed by atoms with Crippen LogP contribution in [0.3, 0.4) is 0 Å². The number of rotatable bonds is 8. The molecular weight excluding hydrogens is 430 g/mol. The van der Waals surface area contributed by atoms with Gasteiger partial charge in [-0.05, 0) is 60.5 Å². The SMILES string of the molecule is CCCCCOc1ccc(/C(O)=C2/C(=O)C(=O)N(c3ccccc3)C2c2ccc(O)cc2)cc1. The second-order valence-corrected chi connectivity index (χ2v) is 8.18. The van der Waals surface area contributed by atoms with Gasteiger partial charge in [0.05, 0.1) is 18.2 Å². The summed E-state index contributed by atoms with van der Waals surface area (Å²) in [5.74, 6) is -1.00. The standard InChI is InChI=1S/C28H27NO5/c1-2-3-7-18-34-23-16-12-20(13-17-23)26(31)24-25(19-10-14-22(30)15-11-19)29(28(33)27(24)32)21-8-5-4-6-9-21/h4-6,8-17,25,30-31H,2-3,7,18H2,1H3/b26-24-. The first-order chi connectivity index (χ1) is 16.5. The molecule has 0 aliphatic carbocycles. The van der Waals surface area contributed by atoms with E-state index in [4.69, 9.17) is 4.74 Å². The number of aromatic hydroxyl groups is 1. The lowest BCUT2D eigenvalue weighted by molar-refractivity contribution is -0.132. The zero-order chi connectivity index (χ0) is 24.1. The van der Waals surface area contributed by atoms with Gasteiger partial charge in [-0.25, -0.2) is 0 Å². The average Bonchev–Trinajstić information content (AvgIpc) is 3.13. The van der Waals surface area contributed by atoms with Crippen molar-refractivity contribution in [1.29, 1.82) is 0 Å². The predicted octanol–water partition coefficient (Wildman–Crippen LogP) is 5.59. The Balaban J connectivity index is 1.74. The van der Waals surface area contributed by atoms with Crippen molar-refractivity contribution in [2.24, 2.45) is 0 Å². The molecule has 174 valence electrons. The molecule has 0 spiro atoms. The average molecular weight is 458 g/mol. The summed E-state index contributed by atoms with van der Waals surface area (Å²) < 4.78 is 5.73. The molecule has 1 fully saturated rings. The Hall–Kier alpha value is -4.06. The van der Waals surface area contributed by atoms with Crippen molar-refractivity contribution in [3.05, 3.63) is 95.6 Å². The molecule has 0 radical (unpaired) electrons. The van der Waals surface area contributed by atoms with Crippen LogP contribution < -0.4 is 9.64 Å². The molecule has 1 unspecified atom stereocenters. The number of carbonyl (C=O) groups is 2. The van der Waals surface area contributed by atoms with E-state index >= 15 is 0 Å². The highest BCUT2D eigenvalue weighted by atomic mass is 16.5. The number of nitrogens with zero attached hydrogens (tertiary/aromatic N) is 1. The lowest BCUT2D eigenvalue weighted by atomic mass is 9.95. The molecule has 1 atom stereocenters. The highest BCUT2D eigenvalue weighted by Crippen LogP contribution is 2.42. The van der Waals surface area contributed by atoms with Crippen LogP contribution in [0.2, 0.25) is 0 Å². The molecule has 3 aromatic carbocycles. The smallest absolute Gasteiger partial charge is 0.300 e. The number of amides is 1. The van der Waals surface area contributed by atoms with Crippen molar-refractivity contribution >= 4 is 23.1 Å². The number of para-hydroxylation sites is 1. The Labute approximate surface area is 198 Å². The van der Waals surface area contributed by atoms with Gasteiger partial charge in [-0.15, -0.1) is 0 Å². The Kier molecular flexibility index (Phi) is 6.97. The van der Waals surface area contributed by atoms with Crippen LogP contribution in [0.1, 0.15) is 43.4 Å². The molecule has 1 aliphatic heterocycles. The van der Waals surface area contributed by atoms with E-state index in [0.717, 1.165) is 19.3 Å². The number of hydrogen-bond acceptors (Lipinski definition) is 5. The van der Waals surface area contributed by atoms with Crippen molar-refractivity contribution in [3.8, 4) is 11.5 Å². The second kappa shape index (κ2) is 10.3. The van der Waals surface area contributed by atoms with Crippen LogP contribution >= 0.6 is 0 Å². The number of Topliss-reactive ketones (excluding diaryl/α,β-unsaturated/α-hetero) is 1. The first-order valence-electron chi connectivity index (χ1n) is 11.4. The molecule has 2 N–H and O–H groups in total. The fraction of sp³-hybridized carbons (Fsp3) is 0.214. The molecule has 0 bridgehead atoms. The van der Waals surface area contributed by atoms with Gasteiger partial charge < -0.3 is 14.9 Å². The molecular formula is C28H27NO5. The summed E-state index contributed by atoms with van der Waals surface area (Å²) in [6.45, 7) is 2.74. The van der Waals surface area contributed by atoms with Crippen molar-refractivity contribution < 1.29 is 24.5 Å². The quantitative estimate of drug-likeness (QED) is 0.199. The molecule has 1 amide bonds. The first-order valence-corrected chi connectivity index (χ1v) is 11.4. The zero-order valence-electron chi connectivity index (χ0n) is 19.0. The molecule has 4 rings (SSSR count). The van der Waals surface area contributed by atoms with Crippen molar-refractivity contribution in [3.63, 3.8) is 0 Å². The minimum absolute atomic E-state index is 0.00356. The van der Waals surface area contributed by atoms with Gasteiger partial charge in [-0.1, -0.05) is 50.1 Å². The van der Waals surface area contributed by atoms with Crippen LogP contribution in [0.15, 0.2) is 84.4 Å². The summed E-state index contributed by atoms with van der Waals surface area (Å²) >= 11 is 0. The van der Waals surface area contributed by atoms with E-state index in [0.29, 0.717) is 29.2 Å². The number of carbonyl (C=O) groups excluding carboxylic acids is 2. The maximum Gasteiger partial charge on any atom is 0.300 e. The van der Waals surface area contributed by atoms with E-state index in [1.54, 1.807) is 60.7 Å². The highest BCUT2D eigenvalue weighted by Gasteiger charge is 2.46. The predicted molar refractivity (Wildman–Crippen MR) is 131 cm³/mol. The third-order valence-corrected chi connectivity index (χ3v) is 5.83. The Morgan fingerprint density at radius 2 is 1.59 bits per heavy atom. The largest absolute Gasteiger partial charge is 0.508 e. The van der Waals surface area contributed by atoms with Crippen LogP contribution in [0.5, 0.6) is 11.5 Å². The Bertz CT molecular complexity index is 1180. The molecule has 3 aromatic rings. The maximum absolute atomic E-state index is 13.1. The number of ketones is 1. The molecule has 1 saturated heterocycles. The summed E-state index contributed by atoms with van der Waals surface area (Å²) in [6.07, 6.45) is 3.17. The second-order valence-electron chi connectivity index (χ2n) is 8.18. The van der Waals surface area contributed by atoms with E-state index in [2.05, 4.69) is 6.92 Å². The summed E-state index contributed by atoms with van der Waals surface area (Å²) in [5.41, 5.74) is 1.54. The van der Waals surface area contributed by atoms with Gasteiger partial charge in [0.15, 0.2) is 0 Å². The minimum Gasteiger partial charge on any atom is -0.508 e. The number of unbranched alkanes of at least 4 members (excludes halogenated alkanes) is 2. The molecule has 6 heteroatoms. The number of hydrogen-bond donors (Lipinski definition) is 2. The number of aliphatic hydroxyl groups excluding tert-OH is 1. The monoisotopic (exact) mass is 457 g/mol. The molecule has 0 aromatic heterocycles. The van der Waals surface area contributed by atoms with Gasteiger partial charge in [-0.3, -0.25) is 14.5 Å². The van der Waals surface area contributed by atoms with E-state index < -0.39 is 17.7 Å².